The molecule has 1 atom stereocenters. The normalized spacial score (nSPS) is 13.5. The van der Waals surface area contributed by atoms with Gasteiger partial charge in [0, 0.05) is 49.1 Å². The predicted octanol–water partition coefficient (Wildman–Crippen LogP) is 17.2. The standard InChI is InChI=1S/C61H37NO3/c1-2-13-36(14-3-1)61-50-35-57-60(49-20-7-11-24-54(49)65-57)58(59(50)48-19-4-8-21-51(48)62-61)40-16-12-15-37(29-40)41-30-42(38-25-27-46-44-17-5-9-22-52(44)63-55(46)33-38)32-43(31-41)39-26-28-47-45-18-6-10-23-53(45)64-56(47)34-39/h1-35,61-62H. The molecule has 0 amide bonds. The third-order valence-corrected chi connectivity index (χ3v) is 13.5. The van der Waals surface area contributed by atoms with Crippen LogP contribution in [0.4, 0.5) is 5.69 Å². The van der Waals surface area contributed by atoms with Crippen LogP contribution in [-0.4, -0.2) is 0 Å². The highest BCUT2D eigenvalue weighted by Gasteiger charge is 2.31. The van der Waals surface area contributed by atoms with Gasteiger partial charge in [-0.1, -0.05) is 133 Å². The van der Waals surface area contributed by atoms with Crippen LogP contribution in [0.2, 0.25) is 0 Å². The zero-order chi connectivity index (χ0) is 42.6. The van der Waals surface area contributed by atoms with Crippen LogP contribution >= 0.6 is 0 Å². The quantitative estimate of drug-likeness (QED) is 0.188. The van der Waals surface area contributed by atoms with Gasteiger partial charge >= 0.3 is 0 Å². The van der Waals surface area contributed by atoms with E-state index in [1.54, 1.807) is 0 Å². The van der Waals surface area contributed by atoms with Crippen LogP contribution in [0.3, 0.4) is 0 Å². The molecule has 0 saturated heterocycles. The van der Waals surface area contributed by atoms with E-state index in [9.17, 15) is 0 Å². The van der Waals surface area contributed by atoms with Gasteiger partial charge in [0.1, 0.15) is 33.5 Å². The maximum Gasteiger partial charge on any atom is 0.136 e. The summed E-state index contributed by atoms with van der Waals surface area (Å²) in [5.74, 6) is 0. The SMILES string of the molecule is c1ccc(C2Nc3ccccc3-c3c2cc2oc4ccccc4c2c3-c2cccc(-c3cc(-c4ccc5c(c4)oc4ccccc45)cc(-c4ccc5c(c4)oc4ccccc45)c3)c2)cc1. The average molecular weight is 832 g/mol. The number of furan rings is 3. The molecule has 1 aliphatic rings. The molecule has 304 valence electrons. The number of fused-ring (bicyclic) bond motifs is 12. The number of para-hydroxylation sites is 4. The zero-order valence-corrected chi connectivity index (χ0v) is 35.0. The lowest BCUT2D eigenvalue weighted by Gasteiger charge is -2.32. The third-order valence-electron chi connectivity index (χ3n) is 13.5. The van der Waals surface area contributed by atoms with Gasteiger partial charge < -0.3 is 18.6 Å². The molecular weight excluding hydrogens is 795 g/mol. The Morgan fingerprint density at radius 3 is 1.46 bits per heavy atom. The maximum atomic E-state index is 6.75. The fraction of sp³-hybridized carbons (Fsp3) is 0.0164. The van der Waals surface area contributed by atoms with Crippen LogP contribution in [0, 0.1) is 0 Å². The molecule has 1 aliphatic heterocycles. The topological polar surface area (TPSA) is 51.5 Å². The van der Waals surface area contributed by atoms with Crippen molar-refractivity contribution >= 4 is 71.5 Å². The van der Waals surface area contributed by atoms with Crippen molar-refractivity contribution in [3.05, 3.63) is 223 Å². The third kappa shape index (κ3) is 5.64. The van der Waals surface area contributed by atoms with Crippen molar-refractivity contribution in [2.75, 3.05) is 5.32 Å². The molecule has 10 aromatic carbocycles. The molecule has 4 heteroatoms. The molecule has 3 aromatic heterocycles. The Morgan fingerprint density at radius 2 is 0.800 bits per heavy atom. The van der Waals surface area contributed by atoms with Gasteiger partial charge in [0.05, 0.1) is 6.04 Å². The lowest BCUT2D eigenvalue weighted by molar-refractivity contribution is 0.667. The highest BCUT2D eigenvalue weighted by atomic mass is 16.3. The number of hydrogen-bond donors (Lipinski definition) is 1. The summed E-state index contributed by atoms with van der Waals surface area (Å²) in [4.78, 5) is 0. The lowest BCUT2D eigenvalue weighted by atomic mass is 9.80. The smallest absolute Gasteiger partial charge is 0.136 e. The molecular formula is C61H37NO3. The van der Waals surface area contributed by atoms with Gasteiger partial charge in [-0.15, -0.1) is 0 Å². The first-order valence-electron chi connectivity index (χ1n) is 22.2. The Morgan fingerprint density at radius 1 is 0.308 bits per heavy atom. The number of rotatable bonds is 5. The van der Waals surface area contributed by atoms with Gasteiger partial charge in [0.2, 0.25) is 0 Å². The molecule has 14 rings (SSSR count). The van der Waals surface area contributed by atoms with Crippen molar-refractivity contribution in [2.24, 2.45) is 0 Å². The van der Waals surface area contributed by atoms with E-state index in [2.05, 4.69) is 193 Å². The molecule has 1 unspecified atom stereocenters. The minimum Gasteiger partial charge on any atom is -0.456 e. The Balaban J connectivity index is 1.00. The maximum absolute atomic E-state index is 6.75. The van der Waals surface area contributed by atoms with Crippen molar-refractivity contribution in [3.8, 4) is 55.6 Å². The molecule has 1 N–H and O–H groups in total. The highest BCUT2D eigenvalue weighted by molar-refractivity contribution is 6.18. The van der Waals surface area contributed by atoms with Crippen molar-refractivity contribution in [2.45, 2.75) is 6.04 Å². The molecule has 65 heavy (non-hydrogen) atoms. The van der Waals surface area contributed by atoms with Crippen molar-refractivity contribution in [3.63, 3.8) is 0 Å². The van der Waals surface area contributed by atoms with Crippen LogP contribution in [0.1, 0.15) is 17.2 Å². The summed E-state index contributed by atoms with van der Waals surface area (Å²) in [6, 6.07) is 75.8. The molecule has 0 spiro atoms. The van der Waals surface area contributed by atoms with Crippen molar-refractivity contribution in [1.82, 2.24) is 0 Å². The summed E-state index contributed by atoms with van der Waals surface area (Å²) >= 11 is 0. The zero-order valence-electron chi connectivity index (χ0n) is 35.0. The van der Waals surface area contributed by atoms with Gasteiger partial charge in [0.15, 0.2) is 0 Å². The lowest BCUT2D eigenvalue weighted by Crippen LogP contribution is -2.18. The summed E-state index contributed by atoms with van der Waals surface area (Å²) in [5.41, 5.74) is 20.0. The highest BCUT2D eigenvalue weighted by Crippen LogP contribution is 2.52. The van der Waals surface area contributed by atoms with E-state index < -0.39 is 0 Å². The Labute approximate surface area is 373 Å². The summed E-state index contributed by atoms with van der Waals surface area (Å²) in [5, 5.41) is 10.6. The van der Waals surface area contributed by atoms with Crippen molar-refractivity contribution < 1.29 is 13.3 Å². The first kappa shape index (κ1) is 35.9. The average Bonchev–Trinajstić information content (AvgIpc) is 4.06. The van der Waals surface area contributed by atoms with E-state index in [0.717, 1.165) is 110 Å². The van der Waals surface area contributed by atoms with E-state index in [4.69, 9.17) is 13.3 Å². The van der Waals surface area contributed by atoms with Gasteiger partial charge in [-0.05, 0) is 134 Å². The monoisotopic (exact) mass is 831 g/mol. The van der Waals surface area contributed by atoms with Gasteiger partial charge in [0.25, 0.3) is 0 Å². The second kappa shape index (κ2) is 14.0. The molecule has 0 fully saturated rings. The number of anilines is 1. The summed E-state index contributed by atoms with van der Waals surface area (Å²) in [6.45, 7) is 0. The van der Waals surface area contributed by atoms with Crippen LogP contribution in [-0.2, 0) is 0 Å². The summed E-state index contributed by atoms with van der Waals surface area (Å²) in [7, 11) is 0. The van der Waals surface area contributed by atoms with E-state index in [1.807, 2.05) is 24.3 Å². The molecule has 0 aliphatic carbocycles. The second-order valence-corrected chi connectivity index (χ2v) is 17.2. The fourth-order valence-electron chi connectivity index (χ4n) is 10.5. The van der Waals surface area contributed by atoms with E-state index in [-0.39, 0.29) is 6.04 Å². The largest absolute Gasteiger partial charge is 0.456 e. The number of nitrogens with one attached hydrogen (secondary N) is 1. The van der Waals surface area contributed by atoms with Crippen LogP contribution in [0.25, 0.3) is 121 Å². The Kier molecular flexibility index (Phi) is 7.71. The number of hydrogen-bond acceptors (Lipinski definition) is 4. The van der Waals surface area contributed by atoms with Crippen molar-refractivity contribution in [1.29, 1.82) is 0 Å². The van der Waals surface area contributed by atoms with Gasteiger partial charge in [-0.25, -0.2) is 0 Å². The molecule has 0 bridgehead atoms. The Bertz CT molecular complexity index is 3920. The summed E-state index contributed by atoms with van der Waals surface area (Å²) < 4.78 is 19.6. The van der Waals surface area contributed by atoms with Crippen LogP contribution in [0.15, 0.2) is 226 Å². The first-order chi connectivity index (χ1) is 32.2. The van der Waals surface area contributed by atoms with Crippen LogP contribution < -0.4 is 5.32 Å². The summed E-state index contributed by atoms with van der Waals surface area (Å²) in [6.07, 6.45) is 0. The molecule has 4 heterocycles. The molecule has 4 nitrogen and oxygen atoms in total. The van der Waals surface area contributed by atoms with E-state index in [1.165, 1.54) is 27.8 Å². The second-order valence-electron chi connectivity index (χ2n) is 17.2. The molecule has 13 aromatic rings. The van der Waals surface area contributed by atoms with E-state index >= 15 is 0 Å². The molecule has 0 saturated carbocycles. The molecule has 0 radical (unpaired) electrons. The Hall–Kier alpha value is -8.60. The number of benzene rings is 10. The van der Waals surface area contributed by atoms with Crippen LogP contribution in [0.5, 0.6) is 0 Å². The first-order valence-corrected chi connectivity index (χ1v) is 22.2. The van der Waals surface area contributed by atoms with Gasteiger partial charge in [-0.3, -0.25) is 0 Å². The minimum atomic E-state index is -0.0759. The fourth-order valence-corrected chi connectivity index (χ4v) is 10.5. The minimum absolute atomic E-state index is 0.0759. The predicted molar refractivity (Wildman–Crippen MR) is 267 cm³/mol. The van der Waals surface area contributed by atoms with E-state index in [0.29, 0.717) is 0 Å². The van der Waals surface area contributed by atoms with Gasteiger partial charge in [-0.2, -0.15) is 0 Å².